The van der Waals surface area contributed by atoms with Gasteiger partial charge in [-0.2, -0.15) is 0 Å². The van der Waals surface area contributed by atoms with Crippen LogP contribution in [0.1, 0.15) is 11.3 Å². The van der Waals surface area contributed by atoms with Crippen molar-refractivity contribution in [3.8, 4) is 0 Å². The van der Waals surface area contributed by atoms with E-state index in [2.05, 4.69) is 28.5 Å². The lowest BCUT2D eigenvalue weighted by molar-refractivity contribution is 0.122. The maximum Gasteiger partial charge on any atom is 0.0717 e. The fourth-order valence-electron chi connectivity index (χ4n) is 1.61. The summed E-state index contributed by atoms with van der Waals surface area (Å²) in [5.74, 6) is 0. The first-order chi connectivity index (χ1) is 8.45. The molecule has 0 aliphatic carbocycles. The Morgan fingerprint density at radius 2 is 1.94 bits per heavy atom. The van der Waals surface area contributed by atoms with Crippen molar-refractivity contribution in [2.75, 3.05) is 13.2 Å². The molecule has 0 fully saturated rings. The molecule has 0 saturated carbocycles. The monoisotopic (exact) mass is 230 g/mol. The van der Waals surface area contributed by atoms with Crippen LogP contribution in [-0.4, -0.2) is 18.1 Å². The third kappa shape index (κ3) is 4.43. The van der Waals surface area contributed by atoms with Gasteiger partial charge in [-0.3, -0.25) is 0 Å². The van der Waals surface area contributed by atoms with Gasteiger partial charge >= 0.3 is 0 Å². The van der Waals surface area contributed by atoms with Gasteiger partial charge in [0.25, 0.3) is 0 Å². The molecule has 0 spiro atoms. The van der Waals surface area contributed by atoms with Crippen molar-refractivity contribution in [2.45, 2.75) is 13.2 Å². The summed E-state index contributed by atoms with van der Waals surface area (Å²) < 4.78 is 5.57. The van der Waals surface area contributed by atoms with Gasteiger partial charge in [0.2, 0.25) is 0 Å². The van der Waals surface area contributed by atoms with Gasteiger partial charge in [-0.05, 0) is 17.7 Å². The van der Waals surface area contributed by atoms with Gasteiger partial charge in [0.05, 0.1) is 13.2 Å². The Hall–Kier alpha value is -1.58. The lowest BCUT2D eigenvalue weighted by atomic mass is 10.2. The average Bonchev–Trinajstić information content (AvgIpc) is 2.88. The minimum atomic E-state index is 0.686. The molecule has 1 aromatic carbocycles. The highest BCUT2D eigenvalue weighted by atomic mass is 16.5. The molecule has 2 N–H and O–H groups in total. The number of hydrogen-bond donors (Lipinski definition) is 2. The molecule has 17 heavy (non-hydrogen) atoms. The van der Waals surface area contributed by atoms with Crippen LogP contribution in [0.15, 0.2) is 48.7 Å². The number of benzene rings is 1. The number of aromatic amines is 1. The van der Waals surface area contributed by atoms with E-state index in [4.69, 9.17) is 4.74 Å². The zero-order chi connectivity index (χ0) is 11.8. The van der Waals surface area contributed by atoms with E-state index < -0.39 is 0 Å². The summed E-state index contributed by atoms with van der Waals surface area (Å²) >= 11 is 0. The van der Waals surface area contributed by atoms with Crippen LogP contribution in [-0.2, 0) is 17.9 Å². The highest BCUT2D eigenvalue weighted by molar-refractivity contribution is 5.13. The van der Waals surface area contributed by atoms with Crippen LogP contribution in [0.3, 0.4) is 0 Å². The molecule has 0 aliphatic rings. The van der Waals surface area contributed by atoms with Crippen LogP contribution >= 0.6 is 0 Å². The smallest absolute Gasteiger partial charge is 0.0717 e. The Morgan fingerprint density at radius 1 is 1.06 bits per heavy atom. The van der Waals surface area contributed by atoms with E-state index in [0.29, 0.717) is 6.61 Å². The number of ether oxygens (including phenoxy) is 1. The van der Waals surface area contributed by atoms with Crippen molar-refractivity contribution < 1.29 is 4.74 Å². The molecule has 2 rings (SSSR count). The van der Waals surface area contributed by atoms with Gasteiger partial charge in [0, 0.05) is 25.0 Å². The summed E-state index contributed by atoms with van der Waals surface area (Å²) in [6.45, 7) is 3.15. The molecule has 3 heteroatoms. The second-order valence-electron chi connectivity index (χ2n) is 3.91. The van der Waals surface area contributed by atoms with E-state index in [9.17, 15) is 0 Å². The molecule has 2 aromatic rings. The van der Waals surface area contributed by atoms with Gasteiger partial charge in [0.15, 0.2) is 0 Å². The number of H-pyrrole nitrogens is 1. The van der Waals surface area contributed by atoms with Crippen molar-refractivity contribution in [2.24, 2.45) is 0 Å². The molecule has 1 heterocycles. The topological polar surface area (TPSA) is 37.0 Å². The summed E-state index contributed by atoms with van der Waals surface area (Å²) in [7, 11) is 0. The zero-order valence-corrected chi connectivity index (χ0v) is 9.86. The molecule has 0 atom stereocenters. The van der Waals surface area contributed by atoms with E-state index in [1.54, 1.807) is 0 Å². The van der Waals surface area contributed by atoms with Crippen LogP contribution in [0.25, 0.3) is 0 Å². The van der Waals surface area contributed by atoms with E-state index in [0.717, 1.165) is 19.7 Å². The van der Waals surface area contributed by atoms with Crippen LogP contribution in [0.5, 0.6) is 0 Å². The maximum absolute atomic E-state index is 5.57. The van der Waals surface area contributed by atoms with Crippen molar-refractivity contribution in [1.82, 2.24) is 10.3 Å². The van der Waals surface area contributed by atoms with Gasteiger partial charge < -0.3 is 15.0 Å². The number of hydrogen-bond acceptors (Lipinski definition) is 2. The standard InChI is InChI=1S/C14H18N2O/c1-2-5-13(6-3-1)12-17-10-9-15-11-14-7-4-8-16-14/h1-8,15-16H,9-12H2. The number of rotatable bonds is 7. The van der Waals surface area contributed by atoms with Crippen molar-refractivity contribution >= 4 is 0 Å². The molecule has 0 unspecified atom stereocenters. The van der Waals surface area contributed by atoms with E-state index in [1.165, 1.54) is 11.3 Å². The Kier molecular flexibility index (Phi) is 4.82. The molecule has 0 radical (unpaired) electrons. The van der Waals surface area contributed by atoms with E-state index in [-0.39, 0.29) is 0 Å². The highest BCUT2D eigenvalue weighted by Crippen LogP contribution is 1.99. The molecule has 3 nitrogen and oxygen atoms in total. The van der Waals surface area contributed by atoms with Crippen molar-refractivity contribution in [3.05, 3.63) is 59.9 Å². The summed E-state index contributed by atoms with van der Waals surface area (Å²) in [6, 6.07) is 14.3. The SMILES string of the molecule is c1ccc(COCCNCc2ccc[nH]2)cc1. The van der Waals surface area contributed by atoms with Crippen molar-refractivity contribution in [1.29, 1.82) is 0 Å². The molecule has 90 valence electrons. The normalized spacial score (nSPS) is 10.6. The summed E-state index contributed by atoms with van der Waals surface area (Å²) in [5, 5.41) is 3.32. The fourth-order valence-corrected chi connectivity index (χ4v) is 1.61. The first-order valence-corrected chi connectivity index (χ1v) is 5.90. The average molecular weight is 230 g/mol. The molecule has 0 saturated heterocycles. The maximum atomic E-state index is 5.57. The minimum absolute atomic E-state index is 0.686. The second-order valence-corrected chi connectivity index (χ2v) is 3.91. The van der Waals surface area contributed by atoms with Gasteiger partial charge in [-0.25, -0.2) is 0 Å². The van der Waals surface area contributed by atoms with E-state index in [1.807, 2.05) is 30.5 Å². The number of nitrogens with one attached hydrogen (secondary N) is 2. The van der Waals surface area contributed by atoms with Crippen LogP contribution in [0.4, 0.5) is 0 Å². The minimum Gasteiger partial charge on any atom is -0.375 e. The predicted molar refractivity (Wildman–Crippen MR) is 68.6 cm³/mol. The van der Waals surface area contributed by atoms with Crippen LogP contribution in [0.2, 0.25) is 0 Å². The molecular formula is C14H18N2O. The Labute approximate surface area is 102 Å². The first kappa shape index (κ1) is 11.9. The lowest BCUT2D eigenvalue weighted by Crippen LogP contribution is -2.19. The van der Waals surface area contributed by atoms with Crippen LogP contribution in [0, 0.1) is 0 Å². The molecule has 0 aliphatic heterocycles. The fraction of sp³-hybridized carbons (Fsp3) is 0.286. The van der Waals surface area contributed by atoms with Crippen molar-refractivity contribution in [3.63, 3.8) is 0 Å². The van der Waals surface area contributed by atoms with E-state index >= 15 is 0 Å². The molecular weight excluding hydrogens is 212 g/mol. The predicted octanol–water partition coefficient (Wildman–Crippen LogP) is 2.32. The largest absolute Gasteiger partial charge is 0.375 e. The Morgan fingerprint density at radius 3 is 2.71 bits per heavy atom. The zero-order valence-electron chi connectivity index (χ0n) is 9.86. The third-order valence-corrected chi connectivity index (χ3v) is 2.51. The Bertz CT molecular complexity index is 397. The third-order valence-electron chi connectivity index (χ3n) is 2.51. The molecule has 0 bridgehead atoms. The second kappa shape index (κ2) is 6.89. The summed E-state index contributed by atoms with van der Waals surface area (Å²) in [6.07, 6.45) is 1.93. The Balaban J connectivity index is 1.52. The van der Waals surface area contributed by atoms with Gasteiger partial charge in [0.1, 0.15) is 0 Å². The highest BCUT2D eigenvalue weighted by Gasteiger charge is 1.93. The van der Waals surface area contributed by atoms with Gasteiger partial charge in [-0.15, -0.1) is 0 Å². The first-order valence-electron chi connectivity index (χ1n) is 5.90. The summed E-state index contributed by atoms with van der Waals surface area (Å²) in [4.78, 5) is 3.15. The van der Waals surface area contributed by atoms with Gasteiger partial charge in [-0.1, -0.05) is 30.3 Å². The lowest BCUT2D eigenvalue weighted by Gasteiger charge is -2.05. The van der Waals surface area contributed by atoms with Crippen LogP contribution < -0.4 is 5.32 Å². The number of aromatic nitrogens is 1. The molecule has 0 amide bonds. The summed E-state index contributed by atoms with van der Waals surface area (Å²) in [5.41, 5.74) is 2.42. The quantitative estimate of drug-likeness (QED) is 0.716. The molecule has 1 aromatic heterocycles.